The Morgan fingerprint density at radius 3 is 2.72 bits per heavy atom. The Kier molecular flexibility index (Phi) is 5.51. The van der Waals surface area contributed by atoms with E-state index in [1.54, 1.807) is 17.1 Å². The van der Waals surface area contributed by atoms with E-state index >= 15 is 0 Å². The summed E-state index contributed by atoms with van der Waals surface area (Å²) in [5.41, 5.74) is 0.594. The van der Waals surface area contributed by atoms with Gasteiger partial charge >= 0.3 is 0 Å². The summed E-state index contributed by atoms with van der Waals surface area (Å²) in [7, 11) is -2.44. The standard InChI is InChI=1S/C25H36N4O2S/c1-25-10-9-20-19-6-4-18(32(2,27)31)11-17(19)3-5-21(20)22(25)7-8-23(25)24(30)15-29-14-16(12-26)13-28-29/h13-14,17-23,27H,3-11,15H2,1-2H3/t17-,18+,19+,20-,21-,22+,23-,25+,32?/m1/s1. The van der Waals surface area contributed by atoms with Crippen LogP contribution in [0.25, 0.3) is 0 Å². The number of ketones is 1. The van der Waals surface area contributed by atoms with Crippen LogP contribution >= 0.6 is 0 Å². The third-order valence-corrected chi connectivity index (χ3v) is 11.7. The van der Waals surface area contributed by atoms with Crippen molar-refractivity contribution in [1.29, 1.82) is 10.0 Å². The maximum atomic E-state index is 13.3. The molecule has 0 aromatic carbocycles. The molecule has 6 nitrogen and oxygen atoms in total. The van der Waals surface area contributed by atoms with Gasteiger partial charge in [-0.05, 0) is 92.8 Å². The fraction of sp³-hybridized carbons (Fsp3) is 0.800. The number of carbonyl (C=O) groups excluding carboxylic acids is 1. The molecule has 32 heavy (non-hydrogen) atoms. The lowest BCUT2D eigenvalue weighted by Gasteiger charge is -2.56. The van der Waals surface area contributed by atoms with Gasteiger partial charge in [-0.1, -0.05) is 6.92 Å². The summed E-state index contributed by atoms with van der Waals surface area (Å²) in [4.78, 5) is 13.3. The zero-order valence-electron chi connectivity index (χ0n) is 19.3. The number of nitriles is 1. The van der Waals surface area contributed by atoms with Crippen molar-refractivity contribution >= 4 is 15.5 Å². The fourth-order valence-electron chi connectivity index (χ4n) is 8.53. The Morgan fingerprint density at radius 1 is 1.22 bits per heavy atom. The van der Waals surface area contributed by atoms with E-state index < -0.39 is 9.73 Å². The SMILES string of the molecule is C[C@]12CC[C@H]3[C@@H](CC[C@@H]4C[C@@H](S(C)(=N)=O)CC[C@@H]43)[C@@H]1CC[C@@H]2C(=O)Cn1cc(C#N)cn1. The molecule has 0 aliphatic heterocycles. The maximum absolute atomic E-state index is 13.3. The zero-order valence-corrected chi connectivity index (χ0v) is 20.2. The van der Waals surface area contributed by atoms with Gasteiger partial charge in [0.1, 0.15) is 6.07 Å². The Labute approximate surface area is 192 Å². The second kappa shape index (κ2) is 7.97. The van der Waals surface area contributed by atoms with Crippen LogP contribution in [0.15, 0.2) is 12.4 Å². The first-order chi connectivity index (χ1) is 15.2. The largest absolute Gasteiger partial charge is 0.297 e. The van der Waals surface area contributed by atoms with Gasteiger partial charge in [-0.3, -0.25) is 14.3 Å². The molecule has 4 aliphatic rings. The summed E-state index contributed by atoms with van der Waals surface area (Å²) < 4.78 is 22.0. The molecule has 0 bridgehead atoms. The van der Waals surface area contributed by atoms with Crippen LogP contribution in [0.2, 0.25) is 0 Å². The van der Waals surface area contributed by atoms with Crippen LogP contribution in [0.3, 0.4) is 0 Å². The molecule has 5 rings (SSSR count). The highest BCUT2D eigenvalue weighted by molar-refractivity contribution is 7.92. The molecule has 0 saturated heterocycles. The number of nitrogens with one attached hydrogen (secondary N) is 1. The minimum Gasteiger partial charge on any atom is -0.297 e. The molecule has 9 atom stereocenters. The van der Waals surface area contributed by atoms with E-state index in [0.717, 1.165) is 56.3 Å². The molecular weight excluding hydrogens is 420 g/mol. The van der Waals surface area contributed by atoms with Crippen molar-refractivity contribution in [1.82, 2.24) is 9.78 Å². The van der Waals surface area contributed by atoms with Gasteiger partial charge in [0.05, 0.1) is 18.3 Å². The smallest absolute Gasteiger partial charge is 0.157 e. The third kappa shape index (κ3) is 3.63. The van der Waals surface area contributed by atoms with Gasteiger partial charge in [-0.15, -0.1) is 0 Å². The van der Waals surface area contributed by atoms with Crippen LogP contribution in [-0.2, 0) is 21.1 Å². The number of Topliss-reactive ketones (excluding diaryl/α,β-unsaturated/α-hetero) is 1. The highest BCUT2D eigenvalue weighted by Gasteiger charge is 2.58. The average Bonchev–Trinajstić information content (AvgIpc) is 3.35. The fourth-order valence-corrected chi connectivity index (χ4v) is 9.73. The minimum absolute atomic E-state index is 0.0893. The molecular formula is C25H36N4O2S. The molecule has 4 aliphatic carbocycles. The van der Waals surface area contributed by atoms with Crippen molar-refractivity contribution in [2.45, 2.75) is 76.5 Å². The Bertz CT molecular complexity index is 1040. The van der Waals surface area contributed by atoms with E-state index in [-0.39, 0.29) is 28.9 Å². The van der Waals surface area contributed by atoms with Crippen LogP contribution in [0.5, 0.6) is 0 Å². The summed E-state index contributed by atoms with van der Waals surface area (Å²) in [6.45, 7) is 2.65. The van der Waals surface area contributed by atoms with E-state index in [1.807, 2.05) is 0 Å². The van der Waals surface area contributed by atoms with Crippen molar-refractivity contribution in [3.8, 4) is 6.07 Å². The van der Waals surface area contributed by atoms with Crippen LogP contribution in [0.1, 0.15) is 70.3 Å². The monoisotopic (exact) mass is 456 g/mol. The van der Waals surface area contributed by atoms with Crippen molar-refractivity contribution in [2.75, 3.05) is 6.26 Å². The molecule has 4 fully saturated rings. The molecule has 1 unspecified atom stereocenters. The summed E-state index contributed by atoms with van der Waals surface area (Å²) >= 11 is 0. The van der Waals surface area contributed by atoms with Crippen LogP contribution in [-0.4, -0.2) is 31.3 Å². The first-order valence-corrected chi connectivity index (χ1v) is 14.4. The number of hydrogen-bond acceptors (Lipinski definition) is 5. The van der Waals surface area contributed by atoms with Crippen LogP contribution < -0.4 is 0 Å². The Hall–Kier alpha value is -1.68. The maximum Gasteiger partial charge on any atom is 0.157 e. The van der Waals surface area contributed by atoms with E-state index in [4.69, 9.17) is 10.0 Å². The summed E-state index contributed by atoms with van der Waals surface area (Å²) in [6, 6.07) is 2.09. The van der Waals surface area contributed by atoms with Crippen molar-refractivity contribution in [3.05, 3.63) is 18.0 Å². The first-order valence-electron chi connectivity index (χ1n) is 12.4. The lowest BCUT2D eigenvalue weighted by Crippen LogP contribution is -2.50. The van der Waals surface area contributed by atoms with Gasteiger partial charge in [-0.25, -0.2) is 4.21 Å². The molecule has 1 heterocycles. The predicted octanol–water partition coefficient (Wildman–Crippen LogP) is 4.64. The van der Waals surface area contributed by atoms with Crippen LogP contribution in [0, 0.1) is 57.0 Å². The molecule has 1 N–H and O–H groups in total. The molecule has 0 amide bonds. The molecule has 7 heteroatoms. The Balaban J connectivity index is 1.29. The summed E-state index contributed by atoms with van der Waals surface area (Å²) in [5.74, 6) is 3.88. The molecule has 1 aromatic heterocycles. The van der Waals surface area contributed by atoms with Crippen molar-refractivity contribution in [2.24, 2.45) is 40.9 Å². The third-order valence-electron chi connectivity index (χ3n) is 10.0. The van der Waals surface area contributed by atoms with E-state index in [2.05, 4.69) is 18.1 Å². The van der Waals surface area contributed by atoms with Gasteiger partial charge in [0.25, 0.3) is 0 Å². The number of rotatable bonds is 4. The zero-order chi connectivity index (χ0) is 22.7. The second-order valence-electron chi connectivity index (χ2n) is 11.5. The van der Waals surface area contributed by atoms with Crippen LogP contribution in [0.4, 0.5) is 0 Å². The Morgan fingerprint density at radius 2 is 2.00 bits per heavy atom. The molecule has 174 valence electrons. The number of nitrogens with zero attached hydrogens (tertiary/aromatic N) is 3. The first kappa shape index (κ1) is 22.1. The second-order valence-corrected chi connectivity index (χ2v) is 13.9. The highest BCUT2D eigenvalue weighted by Crippen LogP contribution is 2.64. The normalized spacial score (nSPS) is 42.7. The topological polar surface area (TPSA) is 99.6 Å². The summed E-state index contributed by atoms with van der Waals surface area (Å²) in [6.07, 6.45) is 14.9. The van der Waals surface area contributed by atoms with Crippen molar-refractivity contribution in [3.63, 3.8) is 0 Å². The number of hydrogen-bond donors (Lipinski definition) is 1. The van der Waals surface area contributed by atoms with E-state index in [0.29, 0.717) is 17.4 Å². The summed E-state index contributed by atoms with van der Waals surface area (Å²) in [5, 5.41) is 13.3. The molecule has 1 aromatic rings. The molecule has 4 saturated carbocycles. The van der Waals surface area contributed by atoms with Gasteiger partial charge < -0.3 is 0 Å². The number of fused-ring (bicyclic) bond motifs is 5. The molecule has 0 spiro atoms. The lowest BCUT2D eigenvalue weighted by molar-refractivity contribution is -0.131. The minimum atomic E-state index is -2.44. The van der Waals surface area contributed by atoms with Gasteiger partial charge in [0.2, 0.25) is 0 Å². The van der Waals surface area contributed by atoms with E-state index in [9.17, 15) is 9.00 Å². The lowest BCUT2D eigenvalue weighted by atomic mass is 9.49. The quantitative estimate of drug-likeness (QED) is 0.713. The number of aromatic nitrogens is 2. The highest BCUT2D eigenvalue weighted by atomic mass is 32.2. The van der Waals surface area contributed by atoms with Gasteiger partial charge in [0.15, 0.2) is 5.78 Å². The van der Waals surface area contributed by atoms with Crippen molar-refractivity contribution < 1.29 is 9.00 Å². The van der Waals surface area contributed by atoms with E-state index in [1.165, 1.54) is 25.5 Å². The van der Waals surface area contributed by atoms with Gasteiger partial charge in [-0.2, -0.15) is 10.4 Å². The average molecular weight is 457 g/mol. The number of carbonyl (C=O) groups is 1. The molecule has 0 radical (unpaired) electrons. The van der Waals surface area contributed by atoms with Gasteiger partial charge in [0, 0.05) is 33.3 Å². The predicted molar refractivity (Wildman–Crippen MR) is 123 cm³/mol.